The fourth-order valence-electron chi connectivity index (χ4n) is 2.28. The van der Waals surface area contributed by atoms with Crippen LogP contribution in [0, 0.1) is 0 Å². The zero-order valence-electron chi connectivity index (χ0n) is 12.3. The lowest BCUT2D eigenvalue weighted by Crippen LogP contribution is -2.30. The molecule has 21 heavy (non-hydrogen) atoms. The molecule has 2 aromatic rings. The largest absolute Gasteiger partial charge is 0.311 e. The molecule has 0 aliphatic heterocycles. The van der Waals surface area contributed by atoms with Crippen LogP contribution in [0.1, 0.15) is 17.2 Å². The van der Waals surface area contributed by atoms with Crippen LogP contribution in [0.4, 0.5) is 0 Å². The highest BCUT2D eigenvalue weighted by molar-refractivity contribution is 9.10. The number of nitrogens with zero attached hydrogens (tertiary/aromatic N) is 1. The summed E-state index contributed by atoms with van der Waals surface area (Å²) < 4.78 is 1.01. The van der Waals surface area contributed by atoms with Crippen LogP contribution < -0.4 is 5.32 Å². The van der Waals surface area contributed by atoms with E-state index in [-0.39, 0.29) is 0 Å². The third-order valence-electron chi connectivity index (χ3n) is 3.48. The molecule has 0 aromatic heterocycles. The van der Waals surface area contributed by atoms with Crippen molar-refractivity contribution in [2.24, 2.45) is 0 Å². The molecule has 0 aliphatic rings. The van der Waals surface area contributed by atoms with Gasteiger partial charge in [-0.25, -0.2) is 0 Å². The van der Waals surface area contributed by atoms with Crippen LogP contribution in [0.3, 0.4) is 0 Å². The minimum absolute atomic E-state index is 0.348. The predicted octanol–water partition coefficient (Wildman–Crippen LogP) is 4.50. The van der Waals surface area contributed by atoms with Gasteiger partial charge in [0.2, 0.25) is 0 Å². The second kappa shape index (κ2) is 7.95. The zero-order valence-corrected chi connectivity index (χ0v) is 14.7. The molecule has 112 valence electrons. The van der Waals surface area contributed by atoms with E-state index >= 15 is 0 Å². The van der Waals surface area contributed by atoms with E-state index in [0.717, 1.165) is 28.1 Å². The van der Waals surface area contributed by atoms with Crippen molar-refractivity contribution in [2.75, 3.05) is 20.6 Å². The lowest BCUT2D eigenvalue weighted by molar-refractivity contribution is 0.288. The van der Waals surface area contributed by atoms with Gasteiger partial charge in [0.05, 0.1) is 0 Å². The molecular formula is C17H20BrClN2. The molecule has 2 aromatic carbocycles. The van der Waals surface area contributed by atoms with Gasteiger partial charge in [0.1, 0.15) is 0 Å². The molecule has 0 amide bonds. The van der Waals surface area contributed by atoms with E-state index < -0.39 is 0 Å². The van der Waals surface area contributed by atoms with E-state index in [1.165, 1.54) is 5.56 Å². The Labute approximate surface area is 140 Å². The Morgan fingerprint density at radius 2 is 1.86 bits per heavy atom. The summed E-state index contributed by atoms with van der Waals surface area (Å²) in [5.41, 5.74) is 2.43. The van der Waals surface area contributed by atoms with E-state index in [9.17, 15) is 0 Å². The third-order valence-corrected chi connectivity index (χ3v) is 4.32. The summed E-state index contributed by atoms with van der Waals surface area (Å²) in [6, 6.07) is 16.9. The van der Waals surface area contributed by atoms with Crippen molar-refractivity contribution in [1.29, 1.82) is 0 Å². The lowest BCUT2D eigenvalue weighted by Gasteiger charge is -2.25. The van der Waals surface area contributed by atoms with Crippen LogP contribution in [0.15, 0.2) is 53.0 Å². The fraction of sp³-hybridized carbons (Fsp3) is 0.294. The number of halogens is 2. The molecule has 0 fully saturated rings. The summed E-state index contributed by atoms with van der Waals surface area (Å²) in [4.78, 5) is 2.23. The second-order valence-electron chi connectivity index (χ2n) is 5.26. The molecule has 2 nitrogen and oxygen atoms in total. The van der Waals surface area contributed by atoms with Gasteiger partial charge in [0.25, 0.3) is 0 Å². The van der Waals surface area contributed by atoms with Gasteiger partial charge in [-0.15, -0.1) is 0 Å². The van der Waals surface area contributed by atoms with Gasteiger partial charge >= 0.3 is 0 Å². The minimum atomic E-state index is 0.348. The van der Waals surface area contributed by atoms with Crippen LogP contribution in [-0.2, 0) is 6.54 Å². The van der Waals surface area contributed by atoms with Gasteiger partial charge < -0.3 is 10.2 Å². The molecule has 1 N–H and O–H groups in total. The van der Waals surface area contributed by atoms with Crippen molar-refractivity contribution in [2.45, 2.75) is 12.6 Å². The summed E-state index contributed by atoms with van der Waals surface area (Å²) in [6.45, 7) is 1.65. The second-order valence-corrected chi connectivity index (χ2v) is 6.58. The molecule has 0 bridgehead atoms. The Morgan fingerprint density at radius 1 is 1.14 bits per heavy atom. The number of hydrogen-bond donors (Lipinski definition) is 1. The van der Waals surface area contributed by atoms with Crippen molar-refractivity contribution < 1.29 is 0 Å². The van der Waals surface area contributed by atoms with Crippen molar-refractivity contribution in [3.8, 4) is 0 Å². The van der Waals surface area contributed by atoms with Crippen LogP contribution >= 0.6 is 27.5 Å². The van der Waals surface area contributed by atoms with Gasteiger partial charge in [-0.2, -0.15) is 0 Å². The first-order valence-corrected chi connectivity index (χ1v) is 8.11. The molecule has 0 saturated heterocycles. The Hall–Kier alpha value is -0.870. The molecule has 1 unspecified atom stereocenters. The highest BCUT2D eigenvalue weighted by atomic mass is 79.9. The maximum absolute atomic E-state index is 6.24. The maximum Gasteiger partial charge on any atom is 0.0466 e. The first-order chi connectivity index (χ1) is 10.1. The summed E-state index contributed by atoms with van der Waals surface area (Å²) >= 11 is 9.67. The Morgan fingerprint density at radius 3 is 2.48 bits per heavy atom. The lowest BCUT2D eigenvalue weighted by atomic mass is 10.1. The SMILES string of the molecule is CN(C)C(CNCc1ccc(Br)cc1Cl)c1ccccc1. The van der Waals surface area contributed by atoms with Gasteiger partial charge in [0.15, 0.2) is 0 Å². The molecule has 0 radical (unpaired) electrons. The third kappa shape index (κ3) is 4.82. The summed E-state index contributed by atoms with van der Waals surface area (Å²) in [5.74, 6) is 0. The van der Waals surface area contributed by atoms with E-state index in [1.54, 1.807) is 0 Å². The molecule has 0 aliphatic carbocycles. The number of benzene rings is 2. The van der Waals surface area contributed by atoms with Crippen LogP contribution in [0.2, 0.25) is 5.02 Å². The van der Waals surface area contributed by atoms with Gasteiger partial charge in [0, 0.05) is 28.6 Å². The predicted molar refractivity (Wildman–Crippen MR) is 93.7 cm³/mol. The number of hydrogen-bond acceptors (Lipinski definition) is 2. The standard InChI is InChI=1S/C17H20BrClN2/c1-21(2)17(13-6-4-3-5-7-13)12-20-11-14-8-9-15(18)10-16(14)19/h3-10,17,20H,11-12H2,1-2H3. The van der Waals surface area contributed by atoms with Crippen LogP contribution in [0.25, 0.3) is 0 Å². The maximum atomic E-state index is 6.24. The number of rotatable bonds is 6. The molecule has 1 atom stereocenters. The van der Waals surface area contributed by atoms with Crippen molar-refractivity contribution in [3.05, 3.63) is 69.2 Å². The van der Waals surface area contributed by atoms with Crippen molar-refractivity contribution in [1.82, 2.24) is 10.2 Å². The molecule has 0 heterocycles. The Bertz CT molecular complexity index is 572. The van der Waals surface area contributed by atoms with E-state index in [0.29, 0.717) is 6.04 Å². The molecule has 2 rings (SSSR count). The van der Waals surface area contributed by atoms with E-state index in [2.05, 4.69) is 64.5 Å². The highest BCUT2D eigenvalue weighted by Gasteiger charge is 2.13. The smallest absolute Gasteiger partial charge is 0.0466 e. The molecule has 4 heteroatoms. The first-order valence-electron chi connectivity index (χ1n) is 6.94. The van der Waals surface area contributed by atoms with Crippen molar-refractivity contribution in [3.63, 3.8) is 0 Å². The quantitative estimate of drug-likeness (QED) is 0.809. The summed E-state index contributed by atoms with van der Waals surface area (Å²) in [7, 11) is 4.21. The monoisotopic (exact) mass is 366 g/mol. The van der Waals surface area contributed by atoms with Gasteiger partial charge in [-0.05, 0) is 37.4 Å². The topological polar surface area (TPSA) is 15.3 Å². The average Bonchev–Trinajstić information content (AvgIpc) is 2.46. The Kier molecular flexibility index (Phi) is 6.24. The number of likely N-dealkylation sites (N-methyl/N-ethyl adjacent to an activating group) is 1. The van der Waals surface area contributed by atoms with Crippen LogP contribution in [-0.4, -0.2) is 25.5 Å². The average molecular weight is 368 g/mol. The molecular weight excluding hydrogens is 348 g/mol. The normalized spacial score (nSPS) is 12.6. The van der Waals surface area contributed by atoms with Crippen molar-refractivity contribution >= 4 is 27.5 Å². The van der Waals surface area contributed by atoms with Crippen LogP contribution in [0.5, 0.6) is 0 Å². The van der Waals surface area contributed by atoms with Gasteiger partial charge in [-0.3, -0.25) is 0 Å². The van der Waals surface area contributed by atoms with Gasteiger partial charge in [-0.1, -0.05) is 63.9 Å². The summed E-state index contributed by atoms with van der Waals surface area (Å²) in [5, 5.41) is 4.29. The highest BCUT2D eigenvalue weighted by Crippen LogP contribution is 2.22. The minimum Gasteiger partial charge on any atom is -0.311 e. The molecule has 0 spiro atoms. The zero-order chi connectivity index (χ0) is 15.2. The van der Waals surface area contributed by atoms with E-state index in [1.807, 2.05) is 24.3 Å². The fourth-order valence-corrected chi connectivity index (χ4v) is 3.02. The molecule has 0 saturated carbocycles. The first kappa shape index (κ1) is 16.5. The summed E-state index contributed by atoms with van der Waals surface area (Å²) in [6.07, 6.45) is 0. The Balaban J connectivity index is 1.97. The number of nitrogens with one attached hydrogen (secondary N) is 1. The van der Waals surface area contributed by atoms with E-state index in [4.69, 9.17) is 11.6 Å².